The Balaban J connectivity index is 2.50. The van der Waals surface area contributed by atoms with Gasteiger partial charge in [-0.25, -0.2) is 4.79 Å². The Hall–Kier alpha value is -1.45. The Kier molecular flexibility index (Phi) is 1.76. The Labute approximate surface area is 75.4 Å². The van der Waals surface area contributed by atoms with E-state index in [1.807, 2.05) is 4.57 Å². The molecule has 0 radical (unpaired) electrons. The summed E-state index contributed by atoms with van der Waals surface area (Å²) in [5, 5.41) is 18.3. The monoisotopic (exact) mass is 181 g/mol. The minimum Gasteiger partial charge on any atom is -0.505 e. The molecule has 0 bridgehead atoms. The minimum absolute atomic E-state index is 0.0249. The highest BCUT2D eigenvalue weighted by molar-refractivity contribution is 5.91. The molecule has 4 nitrogen and oxygen atoms in total. The van der Waals surface area contributed by atoms with E-state index in [4.69, 9.17) is 5.11 Å². The van der Waals surface area contributed by atoms with Gasteiger partial charge >= 0.3 is 5.97 Å². The lowest BCUT2D eigenvalue weighted by Crippen LogP contribution is -2.08. The molecule has 0 fully saturated rings. The predicted molar refractivity (Wildman–Crippen MR) is 46.0 cm³/mol. The number of hydrogen-bond acceptors (Lipinski definition) is 2. The van der Waals surface area contributed by atoms with E-state index < -0.39 is 5.97 Å². The molecule has 4 heteroatoms. The number of carboxylic acids is 1. The van der Waals surface area contributed by atoms with Crippen LogP contribution in [0.1, 0.15) is 28.9 Å². The number of nitrogens with zero attached hydrogens (tertiary/aromatic N) is 1. The lowest BCUT2D eigenvalue weighted by molar-refractivity contribution is 0.0694. The number of carboxylic acid groups (broad SMARTS) is 1. The van der Waals surface area contributed by atoms with Crippen molar-refractivity contribution in [2.24, 2.45) is 0 Å². The van der Waals surface area contributed by atoms with Gasteiger partial charge in [-0.2, -0.15) is 0 Å². The van der Waals surface area contributed by atoms with Gasteiger partial charge in [0.05, 0.1) is 5.69 Å². The summed E-state index contributed by atoms with van der Waals surface area (Å²) in [5.74, 6) is -1.10. The fourth-order valence-corrected chi connectivity index (χ4v) is 1.78. The van der Waals surface area contributed by atoms with Gasteiger partial charge in [0.1, 0.15) is 5.56 Å². The zero-order valence-electron chi connectivity index (χ0n) is 7.16. The highest BCUT2D eigenvalue weighted by Gasteiger charge is 2.21. The molecule has 70 valence electrons. The van der Waals surface area contributed by atoms with Crippen molar-refractivity contribution in [3.05, 3.63) is 17.5 Å². The third kappa shape index (κ3) is 1.18. The first kappa shape index (κ1) is 8.16. The molecule has 2 rings (SSSR count). The molecular formula is C9H11NO3. The zero-order chi connectivity index (χ0) is 9.42. The van der Waals surface area contributed by atoms with Crippen LogP contribution in [-0.4, -0.2) is 20.7 Å². The average molecular weight is 181 g/mol. The van der Waals surface area contributed by atoms with E-state index in [0.29, 0.717) is 0 Å². The molecule has 2 N–H and O–H groups in total. The fraction of sp³-hybridized carbons (Fsp3) is 0.444. The van der Waals surface area contributed by atoms with E-state index in [0.717, 1.165) is 31.5 Å². The Morgan fingerprint density at radius 2 is 2.23 bits per heavy atom. The molecule has 0 saturated carbocycles. The molecular weight excluding hydrogens is 170 g/mol. The highest BCUT2D eigenvalue weighted by atomic mass is 16.4. The normalized spacial score (nSPS) is 15.4. The summed E-state index contributed by atoms with van der Waals surface area (Å²) >= 11 is 0. The van der Waals surface area contributed by atoms with Crippen molar-refractivity contribution in [1.29, 1.82) is 0 Å². The van der Waals surface area contributed by atoms with Gasteiger partial charge in [-0.1, -0.05) is 0 Å². The molecule has 0 aliphatic carbocycles. The summed E-state index contributed by atoms with van der Waals surface area (Å²) in [6, 6.07) is 0. The SMILES string of the molecule is O=C(O)c1cn2c(c1O)CCCC2. The van der Waals surface area contributed by atoms with Crippen LogP contribution >= 0.6 is 0 Å². The minimum atomic E-state index is -1.06. The van der Waals surface area contributed by atoms with Crippen LogP contribution in [0.25, 0.3) is 0 Å². The van der Waals surface area contributed by atoms with Gasteiger partial charge in [-0.05, 0) is 19.3 Å². The molecule has 2 heterocycles. The van der Waals surface area contributed by atoms with Crippen molar-refractivity contribution in [2.45, 2.75) is 25.8 Å². The lowest BCUT2D eigenvalue weighted by atomic mass is 10.1. The molecule has 0 spiro atoms. The van der Waals surface area contributed by atoms with Crippen LogP contribution < -0.4 is 0 Å². The van der Waals surface area contributed by atoms with Crippen molar-refractivity contribution in [3.8, 4) is 5.75 Å². The predicted octanol–water partition coefficient (Wildman–Crippen LogP) is 1.23. The molecule has 13 heavy (non-hydrogen) atoms. The second-order valence-corrected chi connectivity index (χ2v) is 3.29. The Morgan fingerprint density at radius 3 is 2.85 bits per heavy atom. The zero-order valence-corrected chi connectivity index (χ0v) is 7.16. The number of carbonyl (C=O) groups is 1. The number of aromatic carboxylic acids is 1. The topological polar surface area (TPSA) is 62.5 Å². The molecule has 1 aromatic heterocycles. The molecule has 0 atom stereocenters. The number of rotatable bonds is 1. The smallest absolute Gasteiger partial charge is 0.341 e. The number of hydrogen-bond donors (Lipinski definition) is 2. The van der Waals surface area contributed by atoms with Crippen LogP contribution in [0, 0.1) is 0 Å². The number of aromatic nitrogens is 1. The van der Waals surface area contributed by atoms with Crippen LogP contribution in [-0.2, 0) is 13.0 Å². The number of fused-ring (bicyclic) bond motifs is 1. The van der Waals surface area contributed by atoms with Crippen molar-refractivity contribution in [3.63, 3.8) is 0 Å². The van der Waals surface area contributed by atoms with Crippen molar-refractivity contribution in [2.75, 3.05) is 0 Å². The van der Waals surface area contributed by atoms with E-state index >= 15 is 0 Å². The molecule has 0 saturated heterocycles. The molecule has 0 amide bonds. The van der Waals surface area contributed by atoms with Gasteiger partial charge in [0.2, 0.25) is 0 Å². The van der Waals surface area contributed by atoms with E-state index in [2.05, 4.69) is 0 Å². The van der Waals surface area contributed by atoms with Crippen LogP contribution in [0.15, 0.2) is 6.20 Å². The van der Waals surface area contributed by atoms with Gasteiger partial charge in [0.15, 0.2) is 5.75 Å². The van der Waals surface area contributed by atoms with E-state index in [1.165, 1.54) is 6.20 Å². The van der Waals surface area contributed by atoms with Crippen LogP contribution in [0.2, 0.25) is 0 Å². The van der Waals surface area contributed by atoms with Crippen LogP contribution in [0.4, 0.5) is 0 Å². The summed E-state index contributed by atoms with van der Waals surface area (Å²) in [7, 11) is 0. The summed E-state index contributed by atoms with van der Waals surface area (Å²) in [6.45, 7) is 0.816. The van der Waals surface area contributed by atoms with E-state index in [-0.39, 0.29) is 11.3 Å². The van der Waals surface area contributed by atoms with Gasteiger partial charge in [-0.3, -0.25) is 0 Å². The fourth-order valence-electron chi connectivity index (χ4n) is 1.78. The summed E-state index contributed by atoms with van der Waals surface area (Å²) < 4.78 is 1.84. The van der Waals surface area contributed by atoms with Crippen LogP contribution in [0.3, 0.4) is 0 Å². The van der Waals surface area contributed by atoms with Crippen molar-refractivity contribution >= 4 is 5.97 Å². The first-order valence-electron chi connectivity index (χ1n) is 4.34. The maximum Gasteiger partial charge on any atom is 0.341 e. The van der Waals surface area contributed by atoms with E-state index in [9.17, 15) is 9.90 Å². The number of aromatic hydroxyl groups is 1. The first-order chi connectivity index (χ1) is 6.20. The second kappa shape index (κ2) is 2.80. The maximum atomic E-state index is 10.7. The number of aryl methyl sites for hydroxylation is 1. The summed E-state index contributed by atoms with van der Waals surface area (Å²) in [4.78, 5) is 10.7. The van der Waals surface area contributed by atoms with Gasteiger partial charge in [0.25, 0.3) is 0 Å². The summed E-state index contributed by atoms with van der Waals surface area (Å²) in [5.41, 5.74) is 0.792. The molecule has 1 aromatic rings. The molecule has 1 aliphatic heterocycles. The largest absolute Gasteiger partial charge is 0.505 e. The molecule has 0 unspecified atom stereocenters. The second-order valence-electron chi connectivity index (χ2n) is 3.29. The average Bonchev–Trinajstić information content (AvgIpc) is 2.45. The molecule has 0 aromatic carbocycles. The standard InChI is InChI=1S/C9H11NO3/c11-8-6(9(12)13)5-10-4-2-1-3-7(8)10/h5,11H,1-4H2,(H,12,13). The third-order valence-corrected chi connectivity index (χ3v) is 2.45. The van der Waals surface area contributed by atoms with Gasteiger partial charge in [0, 0.05) is 12.7 Å². The van der Waals surface area contributed by atoms with Crippen molar-refractivity contribution < 1.29 is 15.0 Å². The quantitative estimate of drug-likeness (QED) is 0.684. The van der Waals surface area contributed by atoms with E-state index in [1.54, 1.807) is 0 Å². The first-order valence-corrected chi connectivity index (χ1v) is 4.34. The third-order valence-electron chi connectivity index (χ3n) is 2.45. The van der Waals surface area contributed by atoms with Gasteiger partial charge < -0.3 is 14.8 Å². The summed E-state index contributed by atoms with van der Waals surface area (Å²) in [6.07, 6.45) is 4.38. The Bertz CT molecular complexity index is 354. The van der Waals surface area contributed by atoms with Crippen molar-refractivity contribution in [1.82, 2.24) is 4.57 Å². The Morgan fingerprint density at radius 1 is 1.46 bits per heavy atom. The molecule has 1 aliphatic rings. The maximum absolute atomic E-state index is 10.7. The van der Waals surface area contributed by atoms with Crippen LogP contribution in [0.5, 0.6) is 5.75 Å². The van der Waals surface area contributed by atoms with Gasteiger partial charge in [-0.15, -0.1) is 0 Å². The lowest BCUT2D eigenvalue weighted by Gasteiger charge is -2.14. The highest BCUT2D eigenvalue weighted by Crippen LogP contribution is 2.29.